The number of ether oxygens (including phenoxy) is 2. The summed E-state index contributed by atoms with van der Waals surface area (Å²) >= 11 is 13.4. The summed E-state index contributed by atoms with van der Waals surface area (Å²) in [5.74, 6) is 0.910. The first-order valence-electron chi connectivity index (χ1n) is 7.22. The van der Waals surface area contributed by atoms with Crippen molar-refractivity contribution in [1.82, 2.24) is 4.98 Å². The number of anilines is 1. The maximum absolute atomic E-state index is 12.4. The average Bonchev–Trinajstić information content (AvgIpc) is 3.23. The molecule has 0 unspecified atom stereocenters. The second kappa shape index (κ2) is 6.55. The molecule has 5 nitrogen and oxygen atoms in total. The number of carbonyl (C=O) groups is 1. The zero-order chi connectivity index (χ0) is 17.4. The zero-order valence-corrected chi connectivity index (χ0v) is 14.9. The molecule has 0 saturated heterocycles. The number of benzene rings is 2. The average molecular weight is 393 g/mol. The number of amides is 1. The highest BCUT2D eigenvalue weighted by Gasteiger charge is 2.17. The Morgan fingerprint density at radius 1 is 1.12 bits per heavy atom. The van der Waals surface area contributed by atoms with Gasteiger partial charge in [-0.2, -0.15) is 0 Å². The van der Waals surface area contributed by atoms with Gasteiger partial charge in [0.25, 0.3) is 5.91 Å². The molecule has 0 spiro atoms. The Balaban J connectivity index is 1.54. The van der Waals surface area contributed by atoms with Crippen LogP contribution in [-0.4, -0.2) is 17.7 Å². The van der Waals surface area contributed by atoms with E-state index in [1.807, 2.05) is 5.38 Å². The van der Waals surface area contributed by atoms with E-state index in [1.165, 1.54) is 11.3 Å². The van der Waals surface area contributed by atoms with E-state index in [4.69, 9.17) is 32.7 Å². The van der Waals surface area contributed by atoms with E-state index in [2.05, 4.69) is 10.3 Å². The first kappa shape index (κ1) is 16.2. The van der Waals surface area contributed by atoms with Gasteiger partial charge in [-0.3, -0.25) is 10.1 Å². The van der Waals surface area contributed by atoms with Crippen LogP contribution in [0.2, 0.25) is 10.0 Å². The molecule has 0 fully saturated rings. The molecule has 2 heterocycles. The predicted octanol–water partition coefficient (Wildman–Crippen LogP) is 5.10. The van der Waals surface area contributed by atoms with E-state index < -0.39 is 0 Å². The van der Waals surface area contributed by atoms with Crippen molar-refractivity contribution in [2.24, 2.45) is 0 Å². The van der Waals surface area contributed by atoms with Gasteiger partial charge in [-0.1, -0.05) is 23.2 Å². The molecule has 1 amide bonds. The zero-order valence-electron chi connectivity index (χ0n) is 12.6. The Morgan fingerprint density at radius 2 is 1.96 bits per heavy atom. The Labute approximate surface area is 157 Å². The number of thiazole rings is 1. The first-order chi connectivity index (χ1) is 12.1. The number of nitrogens with one attached hydrogen (secondary N) is 1. The Bertz CT molecular complexity index is 974. The first-order valence-corrected chi connectivity index (χ1v) is 8.86. The van der Waals surface area contributed by atoms with Crippen LogP contribution in [0.3, 0.4) is 0 Å². The van der Waals surface area contributed by atoms with Gasteiger partial charge in [0.2, 0.25) is 6.79 Å². The second-order valence-corrected chi connectivity index (χ2v) is 6.89. The molecule has 1 N–H and O–H groups in total. The lowest BCUT2D eigenvalue weighted by molar-refractivity contribution is 0.102. The monoisotopic (exact) mass is 392 g/mol. The van der Waals surface area contributed by atoms with Crippen LogP contribution in [0.15, 0.2) is 41.8 Å². The summed E-state index contributed by atoms with van der Waals surface area (Å²) in [7, 11) is 0. The van der Waals surface area contributed by atoms with Crippen molar-refractivity contribution in [3.63, 3.8) is 0 Å². The molecule has 8 heteroatoms. The molecule has 2 aromatic carbocycles. The molecule has 0 saturated carbocycles. The number of hydrogen-bond donors (Lipinski definition) is 1. The highest BCUT2D eigenvalue weighted by molar-refractivity contribution is 7.14. The van der Waals surface area contributed by atoms with Gasteiger partial charge in [0, 0.05) is 21.5 Å². The number of carbonyl (C=O) groups excluding carboxylic acids is 1. The number of halogens is 2. The molecule has 0 atom stereocenters. The molecule has 126 valence electrons. The number of hydrogen-bond acceptors (Lipinski definition) is 5. The smallest absolute Gasteiger partial charge is 0.257 e. The van der Waals surface area contributed by atoms with E-state index in [-0.39, 0.29) is 12.7 Å². The summed E-state index contributed by atoms with van der Waals surface area (Å²) in [5, 5.41) is 6.13. The van der Waals surface area contributed by atoms with Crippen molar-refractivity contribution < 1.29 is 14.3 Å². The van der Waals surface area contributed by atoms with E-state index in [0.717, 1.165) is 5.56 Å². The van der Waals surface area contributed by atoms with Crippen molar-refractivity contribution in [3.05, 3.63) is 57.4 Å². The number of fused-ring (bicyclic) bond motifs is 1. The Kier molecular flexibility index (Phi) is 4.25. The lowest BCUT2D eigenvalue weighted by Crippen LogP contribution is -2.11. The maximum Gasteiger partial charge on any atom is 0.257 e. The van der Waals surface area contributed by atoms with Crippen molar-refractivity contribution in [1.29, 1.82) is 0 Å². The third-order valence-electron chi connectivity index (χ3n) is 3.57. The Hall–Kier alpha value is -2.28. The fourth-order valence-electron chi connectivity index (χ4n) is 2.36. The van der Waals surface area contributed by atoms with Gasteiger partial charge in [-0.15, -0.1) is 11.3 Å². The van der Waals surface area contributed by atoms with Gasteiger partial charge in [0.1, 0.15) is 0 Å². The van der Waals surface area contributed by atoms with Crippen molar-refractivity contribution in [2.75, 3.05) is 12.1 Å². The van der Waals surface area contributed by atoms with E-state index >= 15 is 0 Å². The highest BCUT2D eigenvalue weighted by Crippen LogP contribution is 2.34. The van der Waals surface area contributed by atoms with Crippen molar-refractivity contribution >= 4 is 45.6 Å². The van der Waals surface area contributed by atoms with Crippen LogP contribution in [0.25, 0.3) is 11.3 Å². The SMILES string of the molecule is O=C(Nc1nc(-c2ccc(Cl)cc2Cl)cs1)c1ccc2c(c1)OCO2. The minimum atomic E-state index is -0.276. The van der Waals surface area contributed by atoms with E-state index in [9.17, 15) is 4.79 Å². The van der Waals surface area contributed by atoms with Crippen molar-refractivity contribution in [3.8, 4) is 22.8 Å². The molecule has 1 aromatic heterocycles. The standard InChI is InChI=1S/C17H10Cl2N2O3S/c18-10-2-3-11(12(19)6-10)13-7-25-17(20-13)21-16(22)9-1-4-14-15(5-9)24-8-23-14/h1-7H,8H2,(H,20,21,22). The molecule has 0 bridgehead atoms. The predicted molar refractivity (Wildman–Crippen MR) is 98.1 cm³/mol. The quantitative estimate of drug-likeness (QED) is 0.673. The summed E-state index contributed by atoms with van der Waals surface area (Å²) in [6, 6.07) is 10.2. The molecule has 4 rings (SSSR count). The normalized spacial score (nSPS) is 12.2. The van der Waals surface area contributed by atoms with Gasteiger partial charge in [-0.05, 0) is 36.4 Å². The molecular weight excluding hydrogens is 383 g/mol. The van der Waals surface area contributed by atoms with Crippen LogP contribution in [0.5, 0.6) is 11.5 Å². The number of rotatable bonds is 3. The van der Waals surface area contributed by atoms with E-state index in [1.54, 1.807) is 36.4 Å². The molecular formula is C17H10Cl2N2O3S. The summed E-state index contributed by atoms with van der Waals surface area (Å²) in [4.78, 5) is 16.8. The summed E-state index contributed by atoms with van der Waals surface area (Å²) in [6.07, 6.45) is 0. The third-order valence-corrected chi connectivity index (χ3v) is 4.87. The second-order valence-electron chi connectivity index (χ2n) is 5.18. The van der Waals surface area contributed by atoms with Gasteiger partial charge >= 0.3 is 0 Å². The van der Waals surface area contributed by atoms with Gasteiger partial charge < -0.3 is 9.47 Å². The van der Waals surface area contributed by atoms with Gasteiger partial charge in [0.15, 0.2) is 16.6 Å². The topological polar surface area (TPSA) is 60.5 Å². The van der Waals surface area contributed by atoms with Crippen LogP contribution >= 0.6 is 34.5 Å². The molecule has 0 radical (unpaired) electrons. The molecule has 1 aliphatic rings. The molecule has 0 aliphatic carbocycles. The van der Waals surface area contributed by atoms with Crippen LogP contribution in [-0.2, 0) is 0 Å². The Morgan fingerprint density at radius 3 is 2.80 bits per heavy atom. The maximum atomic E-state index is 12.4. The van der Waals surface area contributed by atoms with Crippen molar-refractivity contribution in [2.45, 2.75) is 0 Å². The summed E-state index contributed by atoms with van der Waals surface area (Å²) in [6.45, 7) is 0.165. The largest absolute Gasteiger partial charge is 0.454 e. The van der Waals surface area contributed by atoms with Crippen LogP contribution in [0.4, 0.5) is 5.13 Å². The van der Waals surface area contributed by atoms with Crippen LogP contribution in [0.1, 0.15) is 10.4 Å². The molecule has 3 aromatic rings. The van der Waals surface area contributed by atoms with Gasteiger partial charge in [0.05, 0.1) is 10.7 Å². The minimum absolute atomic E-state index is 0.165. The summed E-state index contributed by atoms with van der Waals surface area (Å²) < 4.78 is 10.5. The van der Waals surface area contributed by atoms with E-state index in [0.29, 0.717) is 37.9 Å². The fraction of sp³-hybridized carbons (Fsp3) is 0.0588. The summed E-state index contributed by atoms with van der Waals surface area (Å²) in [5.41, 5.74) is 1.89. The minimum Gasteiger partial charge on any atom is -0.454 e. The lowest BCUT2D eigenvalue weighted by Gasteiger charge is -2.03. The number of nitrogens with zero attached hydrogens (tertiary/aromatic N) is 1. The number of aromatic nitrogens is 1. The van der Waals surface area contributed by atoms with Crippen LogP contribution in [0, 0.1) is 0 Å². The van der Waals surface area contributed by atoms with Crippen LogP contribution < -0.4 is 14.8 Å². The van der Waals surface area contributed by atoms with Gasteiger partial charge in [-0.25, -0.2) is 4.98 Å². The molecule has 25 heavy (non-hydrogen) atoms. The highest BCUT2D eigenvalue weighted by atomic mass is 35.5. The third kappa shape index (κ3) is 3.28. The fourth-order valence-corrected chi connectivity index (χ4v) is 3.57. The molecule has 1 aliphatic heterocycles. The lowest BCUT2D eigenvalue weighted by atomic mass is 10.2.